The van der Waals surface area contributed by atoms with Crippen molar-refractivity contribution in [2.24, 2.45) is 11.8 Å². The number of phosphoric acid groups is 1. The summed E-state index contributed by atoms with van der Waals surface area (Å²) < 4.78 is 34.1. The molecule has 1 aliphatic rings. The molecule has 0 radical (unpaired) electrons. The number of hydrogen-bond acceptors (Lipinski definition) is 8. The van der Waals surface area contributed by atoms with Crippen LogP contribution in [0.5, 0.6) is 0 Å². The van der Waals surface area contributed by atoms with E-state index in [4.69, 9.17) is 18.5 Å². The van der Waals surface area contributed by atoms with E-state index in [1.54, 1.807) is 0 Å². The summed E-state index contributed by atoms with van der Waals surface area (Å²) in [5.41, 5.74) is 0. The van der Waals surface area contributed by atoms with Gasteiger partial charge in [-0.3, -0.25) is 23.4 Å². The Hall–Kier alpha value is -1.48. The first-order chi connectivity index (χ1) is 31.7. The van der Waals surface area contributed by atoms with Gasteiger partial charge in [-0.05, 0) is 37.5 Å². The molecule has 0 aromatic carbocycles. The summed E-state index contributed by atoms with van der Waals surface area (Å²) >= 11 is 0. The zero-order chi connectivity index (χ0) is 47.3. The first kappa shape index (κ1) is 61.5. The zero-order valence-corrected chi connectivity index (χ0v) is 43.6. The van der Waals surface area contributed by atoms with Crippen molar-refractivity contribution < 1.29 is 42.4 Å². The fourth-order valence-corrected chi connectivity index (χ4v) is 9.67. The molecule has 0 aliphatic heterocycles. The van der Waals surface area contributed by atoms with Crippen LogP contribution in [-0.4, -0.2) is 55.2 Å². The monoisotopic (exact) mass is 942 g/mol. The lowest BCUT2D eigenvalue weighted by molar-refractivity contribution is -0.161. The normalized spacial score (nSPS) is 16.0. The van der Waals surface area contributed by atoms with Crippen LogP contribution in [-0.2, 0) is 37.5 Å². The van der Waals surface area contributed by atoms with Crippen molar-refractivity contribution in [3.63, 3.8) is 0 Å². The van der Waals surface area contributed by atoms with Crippen LogP contribution in [0.2, 0.25) is 0 Å². The lowest BCUT2D eigenvalue weighted by atomic mass is 10.0. The lowest BCUT2D eigenvalue weighted by Gasteiger charge is -2.20. The number of hydrogen-bond donors (Lipinski definition) is 2. The summed E-state index contributed by atoms with van der Waals surface area (Å²) in [6, 6.07) is 0. The molecule has 10 nitrogen and oxygen atoms in total. The minimum atomic E-state index is -4.53. The fraction of sp³-hybridized carbons (Fsp3) is 0.944. The molecule has 1 aliphatic carbocycles. The van der Waals surface area contributed by atoms with Gasteiger partial charge < -0.3 is 19.7 Å². The summed E-state index contributed by atoms with van der Waals surface area (Å²) in [7, 11) is -4.53. The van der Waals surface area contributed by atoms with Gasteiger partial charge in [0.25, 0.3) is 0 Å². The first-order valence-corrected chi connectivity index (χ1v) is 29.4. The highest BCUT2D eigenvalue weighted by Crippen LogP contribution is 2.46. The van der Waals surface area contributed by atoms with Gasteiger partial charge in [0.2, 0.25) is 5.91 Å². The third kappa shape index (κ3) is 42.4. The van der Waals surface area contributed by atoms with Gasteiger partial charge in [0.1, 0.15) is 6.61 Å². The van der Waals surface area contributed by atoms with Crippen LogP contribution >= 0.6 is 7.82 Å². The second-order valence-electron chi connectivity index (χ2n) is 19.6. The second kappa shape index (κ2) is 45.0. The van der Waals surface area contributed by atoms with Crippen molar-refractivity contribution in [3.8, 4) is 0 Å². The number of carbonyl (C=O) groups is 3. The molecule has 11 heteroatoms. The molecule has 1 fully saturated rings. The predicted octanol–water partition coefficient (Wildman–Crippen LogP) is 16.0. The van der Waals surface area contributed by atoms with Crippen molar-refractivity contribution in [1.29, 1.82) is 0 Å². The van der Waals surface area contributed by atoms with Gasteiger partial charge in [0.05, 0.1) is 13.2 Å². The van der Waals surface area contributed by atoms with E-state index in [0.29, 0.717) is 12.8 Å². The van der Waals surface area contributed by atoms with Crippen LogP contribution < -0.4 is 5.32 Å². The molecule has 1 amide bonds. The van der Waals surface area contributed by atoms with Crippen LogP contribution in [0, 0.1) is 11.8 Å². The van der Waals surface area contributed by atoms with E-state index in [2.05, 4.69) is 26.1 Å². The molecular formula is C54H104NO9P. The second-order valence-corrected chi connectivity index (χ2v) is 21.1. The molecule has 1 rings (SSSR count). The average Bonchev–Trinajstić information content (AvgIpc) is 4.05. The first-order valence-electron chi connectivity index (χ1n) is 27.9. The highest BCUT2D eigenvalue weighted by molar-refractivity contribution is 7.47. The van der Waals surface area contributed by atoms with E-state index < -0.39 is 26.5 Å². The molecule has 1 saturated carbocycles. The van der Waals surface area contributed by atoms with Gasteiger partial charge in [0, 0.05) is 25.8 Å². The lowest BCUT2D eigenvalue weighted by Crippen LogP contribution is -2.30. The Labute approximate surface area is 400 Å². The standard InChI is InChI=1S/C54H104NO9P/c1-4-7-10-13-15-17-19-21-23-25-27-31-36-41-52(56)55-44-45-62-65(59,60)63-48-51(47-61-53(57)42-37-32-28-26-24-22-20-18-16-14-11-8-5-2)64-54(58)43-38-33-29-30-35-40-50-46-49(50)39-34-12-9-6-3/h49-51H,4-48H2,1-3H3,(H,55,56)(H,59,60)/t49?,50?,51-/m1/s1. The average molecular weight is 942 g/mol. The Morgan fingerprint density at radius 3 is 1.31 bits per heavy atom. The summed E-state index contributed by atoms with van der Waals surface area (Å²) in [6.45, 7) is 5.90. The molecule has 384 valence electrons. The number of amides is 1. The Bertz CT molecular complexity index is 1160. The Kier molecular flexibility index (Phi) is 42.6. The zero-order valence-electron chi connectivity index (χ0n) is 42.7. The minimum absolute atomic E-state index is 0.0701. The maximum absolute atomic E-state index is 12.8. The SMILES string of the molecule is CCCCCCCCCCCCCCCC(=O)NCCOP(=O)(O)OC[C@@H](COC(=O)CCCCCCCCCCCCCCC)OC(=O)CCCCCCCC1CC1CCCCCC. The number of esters is 2. The highest BCUT2D eigenvalue weighted by Gasteiger charge is 2.35. The molecule has 0 spiro atoms. The van der Waals surface area contributed by atoms with E-state index in [1.807, 2.05) is 0 Å². The maximum Gasteiger partial charge on any atom is 0.472 e. The van der Waals surface area contributed by atoms with Gasteiger partial charge in [-0.2, -0.15) is 0 Å². The molecule has 0 aromatic heterocycles. The minimum Gasteiger partial charge on any atom is -0.462 e. The smallest absolute Gasteiger partial charge is 0.462 e. The topological polar surface area (TPSA) is 137 Å². The number of unbranched alkanes of at least 4 members (excludes halogenated alkanes) is 31. The van der Waals surface area contributed by atoms with Crippen molar-refractivity contribution in [1.82, 2.24) is 5.32 Å². The van der Waals surface area contributed by atoms with E-state index in [1.165, 1.54) is 186 Å². The Balaban J connectivity index is 2.33. The maximum atomic E-state index is 12.8. The van der Waals surface area contributed by atoms with E-state index in [-0.39, 0.29) is 44.5 Å². The third-order valence-electron chi connectivity index (χ3n) is 13.3. The highest BCUT2D eigenvalue weighted by atomic mass is 31.2. The van der Waals surface area contributed by atoms with Crippen molar-refractivity contribution in [2.75, 3.05) is 26.4 Å². The third-order valence-corrected chi connectivity index (χ3v) is 14.3. The van der Waals surface area contributed by atoms with E-state index in [0.717, 1.165) is 63.2 Å². The largest absolute Gasteiger partial charge is 0.472 e. The molecule has 65 heavy (non-hydrogen) atoms. The number of rotatable bonds is 51. The van der Waals surface area contributed by atoms with Crippen LogP contribution in [0.15, 0.2) is 0 Å². The van der Waals surface area contributed by atoms with Gasteiger partial charge in [-0.1, -0.05) is 239 Å². The molecule has 2 N–H and O–H groups in total. The summed E-state index contributed by atoms with van der Waals surface area (Å²) in [5.74, 6) is 0.937. The molecular weight excluding hydrogens is 838 g/mol. The quantitative estimate of drug-likeness (QED) is 0.0347. The number of carbonyl (C=O) groups excluding carboxylic acids is 3. The van der Waals surface area contributed by atoms with Crippen molar-refractivity contribution >= 4 is 25.7 Å². The Morgan fingerprint density at radius 2 is 0.862 bits per heavy atom. The van der Waals surface area contributed by atoms with Crippen LogP contribution in [0.3, 0.4) is 0 Å². The van der Waals surface area contributed by atoms with Gasteiger partial charge in [-0.15, -0.1) is 0 Å². The molecule has 3 unspecified atom stereocenters. The summed E-state index contributed by atoms with van der Waals surface area (Å²) in [6.07, 6.45) is 46.5. The molecule has 0 aromatic rings. The van der Waals surface area contributed by atoms with Crippen LogP contribution in [0.1, 0.15) is 284 Å². The van der Waals surface area contributed by atoms with Gasteiger partial charge >= 0.3 is 19.8 Å². The van der Waals surface area contributed by atoms with Gasteiger partial charge in [0.15, 0.2) is 6.10 Å². The Morgan fingerprint density at radius 1 is 0.492 bits per heavy atom. The summed E-state index contributed by atoms with van der Waals surface area (Å²) in [5, 5.41) is 2.74. The number of ether oxygens (including phenoxy) is 2. The fourth-order valence-electron chi connectivity index (χ4n) is 8.92. The summed E-state index contributed by atoms with van der Waals surface area (Å²) in [4.78, 5) is 48.1. The van der Waals surface area contributed by atoms with Crippen molar-refractivity contribution in [3.05, 3.63) is 0 Å². The van der Waals surface area contributed by atoms with Crippen molar-refractivity contribution in [2.45, 2.75) is 290 Å². The predicted molar refractivity (Wildman–Crippen MR) is 269 cm³/mol. The number of nitrogens with one attached hydrogen (secondary N) is 1. The molecule has 0 heterocycles. The van der Waals surface area contributed by atoms with Crippen LogP contribution in [0.4, 0.5) is 0 Å². The molecule has 4 atom stereocenters. The van der Waals surface area contributed by atoms with Crippen LogP contribution in [0.25, 0.3) is 0 Å². The molecule has 0 saturated heterocycles. The number of phosphoric ester groups is 1. The molecule has 0 bridgehead atoms. The van der Waals surface area contributed by atoms with E-state index >= 15 is 0 Å². The van der Waals surface area contributed by atoms with Gasteiger partial charge in [-0.25, -0.2) is 4.57 Å². The van der Waals surface area contributed by atoms with E-state index in [9.17, 15) is 23.8 Å².